The first kappa shape index (κ1) is 18.4. The molecule has 3 unspecified atom stereocenters. The van der Waals surface area contributed by atoms with Crippen LogP contribution in [0.15, 0.2) is 30.3 Å². The standard InChI is InChI=1S/C20H32O3/c1-16(2)20(3)11-7-10-19(12-20)23-15-18(21)14-22-13-17-8-5-4-6-9-17/h4-6,8-9,16,18-19,21H,7,10-15H2,1-3H3. The molecule has 1 aromatic rings. The fourth-order valence-electron chi connectivity index (χ4n) is 3.31. The zero-order chi connectivity index (χ0) is 16.7. The Morgan fingerprint density at radius 1 is 1.22 bits per heavy atom. The lowest BCUT2D eigenvalue weighted by Gasteiger charge is -2.41. The fraction of sp³-hybridized carbons (Fsp3) is 0.700. The molecule has 3 heteroatoms. The summed E-state index contributed by atoms with van der Waals surface area (Å²) in [4.78, 5) is 0. The second-order valence-corrected chi connectivity index (χ2v) is 7.51. The smallest absolute Gasteiger partial charge is 0.101 e. The maximum Gasteiger partial charge on any atom is 0.101 e. The van der Waals surface area contributed by atoms with Gasteiger partial charge >= 0.3 is 0 Å². The molecule has 0 aliphatic heterocycles. The van der Waals surface area contributed by atoms with Gasteiger partial charge in [0, 0.05) is 0 Å². The third-order valence-corrected chi connectivity index (χ3v) is 5.31. The molecule has 3 atom stereocenters. The van der Waals surface area contributed by atoms with Crippen LogP contribution in [0.4, 0.5) is 0 Å². The van der Waals surface area contributed by atoms with Crippen LogP contribution in [0.5, 0.6) is 0 Å². The van der Waals surface area contributed by atoms with Crippen molar-refractivity contribution in [3.05, 3.63) is 35.9 Å². The molecular weight excluding hydrogens is 288 g/mol. The van der Waals surface area contributed by atoms with E-state index in [0.717, 1.165) is 18.4 Å². The Morgan fingerprint density at radius 2 is 1.96 bits per heavy atom. The van der Waals surface area contributed by atoms with Crippen molar-refractivity contribution in [2.24, 2.45) is 11.3 Å². The van der Waals surface area contributed by atoms with E-state index in [0.29, 0.717) is 31.2 Å². The summed E-state index contributed by atoms with van der Waals surface area (Å²) in [5.74, 6) is 0.674. The van der Waals surface area contributed by atoms with E-state index in [-0.39, 0.29) is 6.10 Å². The molecular formula is C20H32O3. The van der Waals surface area contributed by atoms with Crippen LogP contribution in [-0.2, 0) is 16.1 Å². The van der Waals surface area contributed by atoms with E-state index in [1.807, 2.05) is 30.3 Å². The Balaban J connectivity index is 1.65. The molecule has 0 saturated heterocycles. The van der Waals surface area contributed by atoms with Gasteiger partial charge in [-0.3, -0.25) is 0 Å². The summed E-state index contributed by atoms with van der Waals surface area (Å²) in [5.41, 5.74) is 1.50. The van der Waals surface area contributed by atoms with E-state index in [4.69, 9.17) is 9.47 Å². The van der Waals surface area contributed by atoms with Crippen LogP contribution in [0.1, 0.15) is 52.0 Å². The molecule has 1 saturated carbocycles. The van der Waals surface area contributed by atoms with Crippen LogP contribution < -0.4 is 0 Å². The van der Waals surface area contributed by atoms with Crippen molar-refractivity contribution in [3.8, 4) is 0 Å². The molecule has 0 heterocycles. The summed E-state index contributed by atoms with van der Waals surface area (Å²) >= 11 is 0. The van der Waals surface area contributed by atoms with Crippen molar-refractivity contribution in [2.45, 2.75) is 65.3 Å². The summed E-state index contributed by atoms with van der Waals surface area (Å²) < 4.78 is 11.5. The lowest BCUT2D eigenvalue weighted by Crippen LogP contribution is -2.36. The molecule has 2 rings (SSSR count). The number of hydrogen-bond acceptors (Lipinski definition) is 3. The molecule has 3 nitrogen and oxygen atoms in total. The minimum absolute atomic E-state index is 0.278. The molecule has 23 heavy (non-hydrogen) atoms. The van der Waals surface area contributed by atoms with E-state index in [1.54, 1.807) is 0 Å². The molecule has 0 amide bonds. The van der Waals surface area contributed by atoms with Gasteiger partial charge in [-0.1, -0.05) is 57.5 Å². The normalized spacial score (nSPS) is 26.4. The van der Waals surface area contributed by atoms with Crippen LogP contribution >= 0.6 is 0 Å². The third-order valence-electron chi connectivity index (χ3n) is 5.31. The van der Waals surface area contributed by atoms with E-state index in [2.05, 4.69) is 20.8 Å². The van der Waals surface area contributed by atoms with Gasteiger partial charge in [-0.25, -0.2) is 0 Å². The highest BCUT2D eigenvalue weighted by Gasteiger charge is 2.35. The largest absolute Gasteiger partial charge is 0.388 e. The minimum Gasteiger partial charge on any atom is -0.388 e. The number of rotatable bonds is 8. The molecule has 0 spiro atoms. The van der Waals surface area contributed by atoms with Crippen molar-refractivity contribution < 1.29 is 14.6 Å². The molecule has 0 radical (unpaired) electrons. The number of ether oxygens (including phenoxy) is 2. The molecule has 0 aromatic heterocycles. The maximum absolute atomic E-state index is 10.0. The second-order valence-electron chi connectivity index (χ2n) is 7.51. The van der Waals surface area contributed by atoms with Crippen LogP contribution in [0, 0.1) is 11.3 Å². The van der Waals surface area contributed by atoms with E-state index in [1.165, 1.54) is 12.8 Å². The Hall–Kier alpha value is -0.900. The van der Waals surface area contributed by atoms with Crippen LogP contribution in [0.25, 0.3) is 0 Å². The molecule has 1 aliphatic rings. The van der Waals surface area contributed by atoms with Gasteiger partial charge in [-0.2, -0.15) is 0 Å². The van der Waals surface area contributed by atoms with Crippen LogP contribution in [0.2, 0.25) is 0 Å². The summed E-state index contributed by atoms with van der Waals surface area (Å²) in [6.07, 6.45) is 4.45. The fourth-order valence-corrected chi connectivity index (χ4v) is 3.31. The SMILES string of the molecule is CC(C)C1(C)CCCC(OCC(O)COCc2ccccc2)C1. The average Bonchev–Trinajstić information content (AvgIpc) is 2.54. The van der Waals surface area contributed by atoms with Crippen LogP contribution in [-0.4, -0.2) is 30.5 Å². The van der Waals surface area contributed by atoms with Gasteiger partial charge in [-0.15, -0.1) is 0 Å². The highest BCUT2D eigenvalue weighted by Crippen LogP contribution is 2.42. The van der Waals surface area contributed by atoms with Crippen molar-refractivity contribution in [3.63, 3.8) is 0 Å². The predicted molar refractivity (Wildman–Crippen MR) is 93.3 cm³/mol. The third kappa shape index (κ3) is 5.91. The zero-order valence-corrected chi connectivity index (χ0v) is 14.8. The van der Waals surface area contributed by atoms with Gasteiger partial charge in [0.1, 0.15) is 6.10 Å². The second kappa shape index (κ2) is 8.81. The average molecular weight is 320 g/mol. The summed E-state index contributed by atoms with van der Waals surface area (Å²) in [7, 11) is 0. The van der Waals surface area contributed by atoms with Gasteiger partial charge in [0.05, 0.1) is 25.9 Å². The first-order valence-corrected chi connectivity index (χ1v) is 8.91. The molecule has 1 aromatic carbocycles. The van der Waals surface area contributed by atoms with E-state index < -0.39 is 6.10 Å². The number of benzene rings is 1. The number of aliphatic hydroxyl groups excluding tert-OH is 1. The van der Waals surface area contributed by atoms with Crippen molar-refractivity contribution in [2.75, 3.05) is 13.2 Å². The number of aliphatic hydroxyl groups is 1. The Kier molecular flexibility index (Phi) is 7.07. The Bertz CT molecular complexity index is 445. The topological polar surface area (TPSA) is 38.7 Å². The van der Waals surface area contributed by atoms with Crippen molar-refractivity contribution in [1.29, 1.82) is 0 Å². The Morgan fingerprint density at radius 3 is 2.65 bits per heavy atom. The van der Waals surface area contributed by atoms with Gasteiger partial charge in [0.25, 0.3) is 0 Å². The first-order chi connectivity index (χ1) is 11.0. The molecule has 1 aliphatic carbocycles. The monoisotopic (exact) mass is 320 g/mol. The van der Waals surface area contributed by atoms with Crippen molar-refractivity contribution in [1.82, 2.24) is 0 Å². The van der Waals surface area contributed by atoms with E-state index in [9.17, 15) is 5.11 Å². The van der Waals surface area contributed by atoms with Gasteiger partial charge in [-0.05, 0) is 36.2 Å². The molecule has 1 fully saturated rings. The maximum atomic E-state index is 10.0. The molecule has 1 N–H and O–H groups in total. The highest BCUT2D eigenvalue weighted by atomic mass is 16.5. The van der Waals surface area contributed by atoms with Gasteiger partial charge < -0.3 is 14.6 Å². The van der Waals surface area contributed by atoms with Crippen molar-refractivity contribution >= 4 is 0 Å². The summed E-state index contributed by atoms with van der Waals surface area (Å²) in [5, 5.41) is 10.0. The summed E-state index contributed by atoms with van der Waals surface area (Å²) in [6.45, 7) is 8.19. The lowest BCUT2D eigenvalue weighted by molar-refractivity contribution is -0.0756. The quantitative estimate of drug-likeness (QED) is 0.781. The van der Waals surface area contributed by atoms with Gasteiger partial charge in [0.15, 0.2) is 0 Å². The Labute approximate surface area is 141 Å². The van der Waals surface area contributed by atoms with Crippen LogP contribution in [0.3, 0.4) is 0 Å². The number of hydrogen-bond donors (Lipinski definition) is 1. The van der Waals surface area contributed by atoms with Gasteiger partial charge in [0.2, 0.25) is 0 Å². The highest BCUT2D eigenvalue weighted by molar-refractivity contribution is 5.13. The molecule has 0 bridgehead atoms. The zero-order valence-electron chi connectivity index (χ0n) is 14.8. The first-order valence-electron chi connectivity index (χ1n) is 8.91. The van der Waals surface area contributed by atoms with E-state index >= 15 is 0 Å². The predicted octanol–water partition coefficient (Wildman–Crippen LogP) is 4.19. The lowest BCUT2D eigenvalue weighted by atomic mass is 9.67. The summed E-state index contributed by atoms with van der Waals surface area (Å²) in [6, 6.07) is 10.0. The molecule has 130 valence electrons. The minimum atomic E-state index is -0.550.